The standard InChI is InChI=1S/C24H32N4O2.HI/c1-18-15-22-16-21(7-8-23(22)30-18)20-5-3-19(4-6-20)17-27-24(25)26-9-2-10-28-11-13-29-14-12-28;/h3-8,16,18H,2,9-15,17H2,1H3,(H3,25,26,27);1H. The first-order valence-electron chi connectivity index (χ1n) is 10.9. The number of nitrogens with two attached hydrogens (primary N) is 1. The van der Waals surface area contributed by atoms with Crippen LogP contribution in [0.4, 0.5) is 0 Å². The number of ether oxygens (including phenoxy) is 2. The summed E-state index contributed by atoms with van der Waals surface area (Å²) in [5.41, 5.74) is 10.9. The highest BCUT2D eigenvalue weighted by Crippen LogP contribution is 2.32. The smallest absolute Gasteiger partial charge is 0.188 e. The van der Waals surface area contributed by atoms with E-state index in [1.807, 2.05) is 0 Å². The van der Waals surface area contributed by atoms with Crippen molar-refractivity contribution in [2.45, 2.75) is 32.4 Å². The number of aliphatic imine (C=N–C) groups is 1. The number of morpholine rings is 1. The van der Waals surface area contributed by atoms with Gasteiger partial charge in [-0.05, 0) is 54.3 Å². The summed E-state index contributed by atoms with van der Waals surface area (Å²) >= 11 is 0. The van der Waals surface area contributed by atoms with Crippen molar-refractivity contribution in [2.75, 3.05) is 39.4 Å². The number of fused-ring (bicyclic) bond motifs is 1. The van der Waals surface area contributed by atoms with Crippen LogP contribution in [0.2, 0.25) is 0 Å². The summed E-state index contributed by atoms with van der Waals surface area (Å²) in [6.45, 7) is 8.34. The van der Waals surface area contributed by atoms with Gasteiger partial charge in [0.2, 0.25) is 0 Å². The number of nitrogens with zero attached hydrogens (tertiary/aromatic N) is 2. The first kappa shape index (κ1) is 23.8. The molecule has 2 aliphatic rings. The van der Waals surface area contributed by atoms with E-state index in [4.69, 9.17) is 15.2 Å². The van der Waals surface area contributed by atoms with Crippen molar-refractivity contribution in [2.24, 2.45) is 10.7 Å². The quantitative estimate of drug-likeness (QED) is 0.246. The maximum Gasteiger partial charge on any atom is 0.188 e. The molecule has 1 unspecified atom stereocenters. The Hall–Kier alpha value is -1.84. The minimum absolute atomic E-state index is 0. The van der Waals surface area contributed by atoms with Crippen molar-refractivity contribution in [1.29, 1.82) is 0 Å². The van der Waals surface area contributed by atoms with E-state index in [0.29, 0.717) is 12.5 Å². The first-order chi connectivity index (χ1) is 14.7. The zero-order valence-corrected chi connectivity index (χ0v) is 20.5. The van der Waals surface area contributed by atoms with Gasteiger partial charge in [-0.15, -0.1) is 24.0 Å². The molecule has 2 aliphatic heterocycles. The Labute approximate surface area is 202 Å². The monoisotopic (exact) mass is 536 g/mol. The van der Waals surface area contributed by atoms with Gasteiger partial charge in [-0.25, -0.2) is 4.99 Å². The normalized spacial score (nSPS) is 18.7. The number of rotatable bonds is 7. The third-order valence-corrected chi connectivity index (χ3v) is 5.68. The summed E-state index contributed by atoms with van der Waals surface area (Å²) in [6.07, 6.45) is 2.30. The van der Waals surface area contributed by atoms with E-state index in [1.54, 1.807) is 0 Å². The second-order valence-corrected chi connectivity index (χ2v) is 8.09. The fourth-order valence-electron chi connectivity index (χ4n) is 3.98. The van der Waals surface area contributed by atoms with Crippen LogP contribution < -0.4 is 15.8 Å². The third-order valence-electron chi connectivity index (χ3n) is 5.68. The molecule has 0 saturated carbocycles. The number of benzene rings is 2. The van der Waals surface area contributed by atoms with Gasteiger partial charge in [0.1, 0.15) is 11.9 Å². The molecular formula is C24H33IN4O2. The Morgan fingerprint density at radius 2 is 1.87 bits per heavy atom. The summed E-state index contributed by atoms with van der Waals surface area (Å²) in [4.78, 5) is 6.90. The molecule has 2 aromatic rings. The predicted octanol–water partition coefficient (Wildman–Crippen LogP) is 3.42. The molecule has 0 bridgehead atoms. The van der Waals surface area contributed by atoms with Gasteiger partial charge in [-0.3, -0.25) is 4.90 Å². The minimum Gasteiger partial charge on any atom is -0.490 e. The van der Waals surface area contributed by atoms with Gasteiger partial charge in [0.25, 0.3) is 0 Å². The van der Waals surface area contributed by atoms with E-state index in [1.165, 1.54) is 16.7 Å². The molecule has 7 heteroatoms. The molecule has 4 rings (SSSR count). The molecule has 1 atom stereocenters. The van der Waals surface area contributed by atoms with Crippen LogP contribution >= 0.6 is 24.0 Å². The van der Waals surface area contributed by atoms with Crippen LogP contribution in [0.1, 0.15) is 24.5 Å². The zero-order valence-electron chi connectivity index (χ0n) is 18.2. The largest absolute Gasteiger partial charge is 0.490 e. The number of hydrogen-bond donors (Lipinski definition) is 2. The molecule has 1 saturated heterocycles. The Balaban J connectivity index is 0.00000272. The first-order valence-corrected chi connectivity index (χ1v) is 10.9. The fourth-order valence-corrected chi connectivity index (χ4v) is 3.98. The molecular weight excluding hydrogens is 503 g/mol. The number of halogens is 1. The lowest BCUT2D eigenvalue weighted by Gasteiger charge is -2.26. The molecule has 6 nitrogen and oxygen atoms in total. The highest BCUT2D eigenvalue weighted by molar-refractivity contribution is 14.0. The number of hydrogen-bond acceptors (Lipinski definition) is 4. The molecule has 0 amide bonds. The second-order valence-electron chi connectivity index (χ2n) is 8.09. The molecule has 168 valence electrons. The Bertz CT molecular complexity index is 866. The van der Waals surface area contributed by atoms with Gasteiger partial charge in [0.05, 0.1) is 19.8 Å². The predicted molar refractivity (Wildman–Crippen MR) is 136 cm³/mol. The van der Waals surface area contributed by atoms with Crippen molar-refractivity contribution >= 4 is 29.9 Å². The molecule has 0 aliphatic carbocycles. The van der Waals surface area contributed by atoms with Crippen LogP contribution in [0.15, 0.2) is 47.5 Å². The van der Waals surface area contributed by atoms with Crippen LogP contribution in [0, 0.1) is 0 Å². The molecule has 0 aromatic heterocycles. The number of nitrogens with one attached hydrogen (secondary N) is 1. The van der Waals surface area contributed by atoms with E-state index in [9.17, 15) is 0 Å². The van der Waals surface area contributed by atoms with Gasteiger partial charge in [-0.1, -0.05) is 30.3 Å². The Morgan fingerprint density at radius 3 is 2.65 bits per heavy atom. The molecule has 3 N–H and O–H groups in total. The number of guanidine groups is 1. The van der Waals surface area contributed by atoms with Crippen LogP contribution in [0.5, 0.6) is 5.75 Å². The van der Waals surface area contributed by atoms with Gasteiger partial charge in [-0.2, -0.15) is 0 Å². The van der Waals surface area contributed by atoms with E-state index in [-0.39, 0.29) is 30.1 Å². The van der Waals surface area contributed by atoms with Crippen LogP contribution in [-0.4, -0.2) is 56.4 Å². The van der Waals surface area contributed by atoms with E-state index in [0.717, 1.165) is 63.5 Å². The van der Waals surface area contributed by atoms with Crippen molar-refractivity contribution < 1.29 is 9.47 Å². The average molecular weight is 536 g/mol. The molecule has 0 spiro atoms. The minimum atomic E-state index is 0. The van der Waals surface area contributed by atoms with Gasteiger partial charge in [0.15, 0.2) is 5.96 Å². The summed E-state index contributed by atoms with van der Waals surface area (Å²) in [5.74, 6) is 1.53. The lowest BCUT2D eigenvalue weighted by molar-refractivity contribution is 0.0376. The highest BCUT2D eigenvalue weighted by Gasteiger charge is 2.19. The summed E-state index contributed by atoms with van der Waals surface area (Å²) in [7, 11) is 0. The van der Waals surface area contributed by atoms with Gasteiger partial charge < -0.3 is 20.5 Å². The Morgan fingerprint density at radius 1 is 1.13 bits per heavy atom. The lowest BCUT2D eigenvalue weighted by Crippen LogP contribution is -2.39. The Kier molecular flexibility index (Phi) is 8.98. The fraction of sp³-hybridized carbons (Fsp3) is 0.458. The molecule has 0 radical (unpaired) electrons. The molecule has 2 heterocycles. The van der Waals surface area contributed by atoms with Gasteiger partial charge in [0, 0.05) is 26.1 Å². The molecule has 31 heavy (non-hydrogen) atoms. The maximum absolute atomic E-state index is 6.02. The average Bonchev–Trinajstić information content (AvgIpc) is 3.15. The van der Waals surface area contributed by atoms with E-state index in [2.05, 4.69) is 64.6 Å². The SMILES string of the molecule is CC1Cc2cc(-c3ccc(CN=C(N)NCCCN4CCOCC4)cc3)ccc2O1.I. The third kappa shape index (κ3) is 6.82. The van der Waals surface area contributed by atoms with Gasteiger partial charge >= 0.3 is 0 Å². The van der Waals surface area contributed by atoms with Crippen molar-refractivity contribution in [3.8, 4) is 16.9 Å². The molecule has 2 aromatic carbocycles. The topological polar surface area (TPSA) is 72.1 Å². The maximum atomic E-state index is 6.02. The summed E-state index contributed by atoms with van der Waals surface area (Å²) in [5, 5.41) is 3.22. The van der Waals surface area contributed by atoms with E-state index >= 15 is 0 Å². The van der Waals surface area contributed by atoms with Crippen LogP contribution in [0.25, 0.3) is 11.1 Å². The summed E-state index contributed by atoms with van der Waals surface area (Å²) in [6, 6.07) is 15.0. The zero-order chi connectivity index (χ0) is 20.8. The highest BCUT2D eigenvalue weighted by atomic mass is 127. The van der Waals surface area contributed by atoms with Crippen LogP contribution in [0.3, 0.4) is 0 Å². The van der Waals surface area contributed by atoms with Crippen molar-refractivity contribution in [1.82, 2.24) is 10.2 Å². The summed E-state index contributed by atoms with van der Waals surface area (Å²) < 4.78 is 11.2. The van der Waals surface area contributed by atoms with Crippen molar-refractivity contribution in [3.63, 3.8) is 0 Å². The van der Waals surface area contributed by atoms with Crippen LogP contribution in [-0.2, 0) is 17.7 Å². The second kappa shape index (κ2) is 11.7. The van der Waals surface area contributed by atoms with E-state index < -0.39 is 0 Å². The molecule has 1 fully saturated rings. The van der Waals surface area contributed by atoms with Crippen molar-refractivity contribution in [3.05, 3.63) is 53.6 Å². The lowest BCUT2D eigenvalue weighted by atomic mass is 10.00.